The van der Waals surface area contributed by atoms with Crippen molar-refractivity contribution in [3.63, 3.8) is 0 Å². The molecule has 2 saturated heterocycles. The van der Waals surface area contributed by atoms with Gasteiger partial charge in [0.15, 0.2) is 0 Å². The van der Waals surface area contributed by atoms with Gasteiger partial charge in [-0.1, -0.05) is 95.9 Å². The minimum atomic E-state index is -3.59. The summed E-state index contributed by atoms with van der Waals surface area (Å²) in [5.74, 6) is -0.835. The molecule has 280 valence electrons. The van der Waals surface area contributed by atoms with E-state index < -0.39 is 40.4 Å². The zero-order chi connectivity index (χ0) is 37.3. The van der Waals surface area contributed by atoms with Crippen molar-refractivity contribution in [3.05, 3.63) is 0 Å². The van der Waals surface area contributed by atoms with Crippen LogP contribution in [-0.4, -0.2) is 91.1 Å². The van der Waals surface area contributed by atoms with Gasteiger partial charge in [0, 0.05) is 11.8 Å². The number of ether oxygens (including phenoxy) is 2. The van der Waals surface area contributed by atoms with Crippen molar-refractivity contribution in [2.45, 2.75) is 133 Å². The van der Waals surface area contributed by atoms with Crippen LogP contribution in [0.2, 0.25) is 0 Å². The van der Waals surface area contributed by atoms with Gasteiger partial charge in [-0.15, -0.1) is 0 Å². The monoisotopic (exact) mass is 704 g/mol. The summed E-state index contributed by atoms with van der Waals surface area (Å²) in [6.45, 7) is 23.7. The lowest BCUT2D eigenvalue weighted by Gasteiger charge is -2.31. The van der Waals surface area contributed by atoms with E-state index in [-0.39, 0.29) is 78.5 Å². The molecule has 0 saturated carbocycles. The molecule has 0 aliphatic carbocycles. The Morgan fingerprint density at radius 3 is 1.44 bits per heavy atom. The Balaban J connectivity index is 0.000000487. The molecule has 0 radical (unpaired) electrons. The van der Waals surface area contributed by atoms with Crippen LogP contribution >= 0.6 is 0 Å². The van der Waals surface area contributed by atoms with Gasteiger partial charge in [-0.05, 0) is 48.3 Å². The van der Waals surface area contributed by atoms with Crippen LogP contribution in [0.25, 0.3) is 0 Å². The zero-order valence-electron chi connectivity index (χ0n) is 31.6. The molecule has 12 nitrogen and oxygen atoms in total. The third kappa shape index (κ3) is 12.3. The highest BCUT2D eigenvalue weighted by molar-refractivity contribution is 7.86. The summed E-state index contributed by atoms with van der Waals surface area (Å²) >= 11 is 0. The minimum absolute atomic E-state index is 0.0185. The van der Waals surface area contributed by atoms with E-state index in [9.17, 15) is 32.7 Å². The van der Waals surface area contributed by atoms with E-state index >= 15 is 0 Å². The Hall–Kier alpha value is -2.25. The van der Waals surface area contributed by atoms with Crippen molar-refractivity contribution >= 4 is 34.1 Å². The van der Waals surface area contributed by atoms with E-state index in [2.05, 4.69) is 0 Å². The number of cyclic esters (lactones) is 2. The number of amides is 4. The average Bonchev–Trinajstić information content (AvgIpc) is 3.59. The molecule has 0 aromatic carbocycles. The summed E-state index contributed by atoms with van der Waals surface area (Å²) in [5, 5.41) is 10.3. The standard InChI is InChI=1S/C18H33NO6S.C17H31NO4/c1-8-12(4)16(25-26(7,22)23)13(5)9-14(6)17(20)19-15(11(2)3)10-24-18(19)21;1-7-11(4)15(19)12(5)8-13(6)16(20)18-14(10(2)3)9-22-17(18)21/h11-16H,8-10H2,1-7H3;10-15,19H,7-9H2,1-6H3/t12?,13?,14?,15-,16?;11?,12?,13?,14-,15?/m00/s1. The Labute approximate surface area is 289 Å². The lowest BCUT2D eigenvalue weighted by atomic mass is 9.85. The van der Waals surface area contributed by atoms with E-state index in [1.165, 1.54) is 9.80 Å². The number of carbonyl (C=O) groups excluding carboxylic acids is 4. The van der Waals surface area contributed by atoms with E-state index in [1.54, 1.807) is 6.92 Å². The van der Waals surface area contributed by atoms with Gasteiger partial charge in [0.2, 0.25) is 11.8 Å². The van der Waals surface area contributed by atoms with Crippen molar-refractivity contribution < 1.29 is 46.4 Å². The first-order valence-corrected chi connectivity index (χ1v) is 19.5. The maximum Gasteiger partial charge on any atom is 0.416 e. The van der Waals surface area contributed by atoms with Gasteiger partial charge < -0.3 is 14.6 Å². The Kier molecular flexibility index (Phi) is 17.5. The van der Waals surface area contributed by atoms with Crippen molar-refractivity contribution in [2.75, 3.05) is 19.5 Å². The Morgan fingerprint density at radius 1 is 0.729 bits per heavy atom. The number of imide groups is 2. The summed E-state index contributed by atoms with van der Waals surface area (Å²) in [5.41, 5.74) is 0. The molecule has 48 heavy (non-hydrogen) atoms. The second-order valence-corrected chi connectivity index (χ2v) is 16.5. The summed E-state index contributed by atoms with van der Waals surface area (Å²) < 4.78 is 38.6. The predicted molar refractivity (Wildman–Crippen MR) is 184 cm³/mol. The third-order valence-electron chi connectivity index (χ3n) is 9.98. The van der Waals surface area contributed by atoms with Crippen LogP contribution in [0.5, 0.6) is 0 Å². The molecule has 2 rings (SSSR count). The number of hydrogen-bond acceptors (Lipinski definition) is 10. The first-order valence-electron chi connectivity index (χ1n) is 17.6. The van der Waals surface area contributed by atoms with Gasteiger partial charge in [0.05, 0.1) is 30.5 Å². The predicted octanol–water partition coefficient (Wildman–Crippen LogP) is 6.10. The number of aliphatic hydroxyl groups excluding tert-OH is 1. The molecule has 0 spiro atoms. The van der Waals surface area contributed by atoms with Crippen molar-refractivity contribution in [3.8, 4) is 0 Å². The van der Waals surface area contributed by atoms with Crippen molar-refractivity contribution in [1.29, 1.82) is 0 Å². The van der Waals surface area contributed by atoms with Crippen molar-refractivity contribution in [2.24, 2.45) is 47.3 Å². The fourth-order valence-electron chi connectivity index (χ4n) is 6.41. The summed E-state index contributed by atoms with van der Waals surface area (Å²) in [4.78, 5) is 51.7. The first kappa shape index (κ1) is 43.8. The molecule has 0 aromatic heterocycles. The molecule has 0 aromatic rings. The summed E-state index contributed by atoms with van der Waals surface area (Å²) in [7, 11) is -3.59. The first-order chi connectivity index (χ1) is 22.1. The van der Waals surface area contributed by atoms with Crippen LogP contribution in [0, 0.1) is 47.3 Å². The highest BCUT2D eigenvalue weighted by atomic mass is 32.2. The van der Waals surface area contributed by atoms with Gasteiger partial charge in [-0.3, -0.25) is 13.8 Å². The van der Waals surface area contributed by atoms with E-state index in [0.717, 1.165) is 19.1 Å². The molecule has 1 N–H and O–H groups in total. The van der Waals surface area contributed by atoms with Crippen LogP contribution in [0.15, 0.2) is 0 Å². The summed E-state index contributed by atoms with van der Waals surface area (Å²) in [6, 6.07) is -0.442. The van der Waals surface area contributed by atoms with Crippen LogP contribution in [-0.2, 0) is 33.4 Å². The maximum atomic E-state index is 12.8. The molecule has 8 unspecified atom stereocenters. The SMILES string of the molecule is CCC(C)C(O)C(C)CC(C)C(=O)N1C(=O)OC[C@H]1C(C)C.CCC(C)C(OS(C)(=O)=O)C(C)CC(C)C(=O)N1C(=O)OC[C@H]1C(C)C. The second-order valence-electron chi connectivity index (χ2n) is 14.9. The number of aliphatic hydroxyl groups is 1. The number of rotatable bonds is 16. The second kappa shape index (κ2) is 19.2. The molecule has 2 aliphatic rings. The highest BCUT2D eigenvalue weighted by Gasteiger charge is 2.43. The summed E-state index contributed by atoms with van der Waals surface area (Å²) in [6.07, 6.45) is 1.64. The molecule has 2 aliphatic heterocycles. The zero-order valence-corrected chi connectivity index (χ0v) is 32.4. The normalized spacial score (nSPS) is 23.4. The number of carbonyl (C=O) groups is 4. The smallest absolute Gasteiger partial charge is 0.416 e. The molecule has 4 amide bonds. The highest BCUT2D eigenvalue weighted by Crippen LogP contribution is 2.30. The molecular weight excluding hydrogens is 640 g/mol. The van der Waals surface area contributed by atoms with Crippen molar-refractivity contribution in [1.82, 2.24) is 9.80 Å². The van der Waals surface area contributed by atoms with Gasteiger partial charge in [0.1, 0.15) is 13.2 Å². The molecule has 0 bridgehead atoms. The van der Waals surface area contributed by atoms with Gasteiger partial charge >= 0.3 is 12.2 Å². The molecule has 2 fully saturated rings. The quantitative estimate of drug-likeness (QED) is 0.186. The fraction of sp³-hybridized carbons (Fsp3) is 0.886. The maximum absolute atomic E-state index is 12.8. The molecule has 2 heterocycles. The van der Waals surface area contributed by atoms with Gasteiger partial charge in [0.25, 0.3) is 10.1 Å². The number of hydrogen-bond donors (Lipinski definition) is 1. The lowest BCUT2D eigenvalue weighted by molar-refractivity contribution is -0.135. The van der Waals surface area contributed by atoms with Gasteiger partial charge in [-0.25, -0.2) is 19.4 Å². The Bertz CT molecular complexity index is 1180. The van der Waals surface area contributed by atoms with E-state index in [1.807, 2.05) is 76.2 Å². The van der Waals surface area contributed by atoms with E-state index in [0.29, 0.717) is 12.8 Å². The fourth-order valence-corrected chi connectivity index (χ4v) is 7.20. The van der Waals surface area contributed by atoms with Crippen LogP contribution in [0.3, 0.4) is 0 Å². The number of nitrogens with zero attached hydrogens (tertiary/aromatic N) is 2. The molecular formula is C35H64N2O10S. The van der Waals surface area contributed by atoms with Crippen LogP contribution in [0.1, 0.15) is 109 Å². The lowest BCUT2D eigenvalue weighted by Crippen LogP contribution is -2.45. The third-order valence-corrected chi connectivity index (χ3v) is 10.6. The van der Waals surface area contributed by atoms with E-state index in [4.69, 9.17) is 13.7 Å². The topological polar surface area (TPSA) is 157 Å². The molecule has 10 atom stereocenters. The Morgan fingerprint density at radius 2 is 1.10 bits per heavy atom. The van der Waals surface area contributed by atoms with Gasteiger partial charge in [-0.2, -0.15) is 8.42 Å². The largest absolute Gasteiger partial charge is 0.447 e. The van der Waals surface area contributed by atoms with Crippen LogP contribution < -0.4 is 0 Å². The average molecular weight is 705 g/mol. The minimum Gasteiger partial charge on any atom is -0.447 e. The van der Waals surface area contributed by atoms with Crippen LogP contribution in [0.4, 0.5) is 9.59 Å². The molecule has 13 heteroatoms.